The molecular weight excluding hydrogens is 407 g/mol. The van der Waals surface area contributed by atoms with E-state index in [4.69, 9.17) is 9.72 Å². The smallest absolute Gasteiger partial charge is 0.225 e. The highest BCUT2D eigenvalue weighted by Gasteiger charge is 2.30. The Hall–Kier alpha value is -2.97. The van der Waals surface area contributed by atoms with E-state index in [2.05, 4.69) is 19.9 Å². The van der Waals surface area contributed by atoms with Crippen molar-refractivity contribution in [1.82, 2.24) is 24.8 Å². The van der Waals surface area contributed by atoms with Gasteiger partial charge in [0.1, 0.15) is 11.6 Å². The molecule has 1 aliphatic rings. The Kier molecular flexibility index (Phi) is 7.02. The van der Waals surface area contributed by atoms with Crippen LogP contribution in [-0.2, 0) is 17.7 Å². The highest BCUT2D eigenvalue weighted by molar-refractivity contribution is 5.66. The van der Waals surface area contributed by atoms with Crippen molar-refractivity contribution in [3.8, 4) is 11.1 Å². The van der Waals surface area contributed by atoms with Crippen molar-refractivity contribution in [3.05, 3.63) is 65.8 Å². The van der Waals surface area contributed by atoms with Gasteiger partial charge in [0.05, 0.1) is 18.3 Å². The highest BCUT2D eigenvalue weighted by Crippen LogP contribution is 2.38. The van der Waals surface area contributed by atoms with Crippen molar-refractivity contribution in [2.75, 3.05) is 39.3 Å². The van der Waals surface area contributed by atoms with Crippen molar-refractivity contribution in [3.63, 3.8) is 0 Å². The zero-order valence-electron chi connectivity index (χ0n) is 18.8. The molecule has 1 atom stereocenters. The monoisotopic (exact) mass is 436 g/mol. The molecule has 1 fully saturated rings. The molecule has 2 aromatic heterocycles. The van der Waals surface area contributed by atoms with Crippen molar-refractivity contribution in [2.24, 2.45) is 0 Å². The standard InChI is InChI=1S/C24H29FN6O/c1-30(2)24-28-15-20(18-6-4-7-19(25)12-18)23(29-24)21-8-5-10-31(21)16-17-13-26-22(27-14-17)9-11-32-3/h4,6-7,12-15,21H,5,8-11,16H2,1-3H3/t21-/m1/s1. The number of hydrogen-bond acceptors (Lipinski definition) is 7. The number of halogens is 1. The van der Waals surface area contributed by atoms with Crippen LogP contribution in [0.2, 0.25) is 0 Å². The van der Waals surface area contributed by atoms with E-state index in [1.807, 2.05) is 43.7 Å². The van der Waals surface area contributed by atoms with Gasteiger partial charge in [-0.2, -0.15) is 0 Å². The van der Waals surface area contributed by atoms with Gasteiger partial charge >= 0.3 is 0 Å². The minimum atomic E-state index is -0.265. The Labute approximate surface area is 188 Å². The molecule has 0 N–H and O–H groups in total. The van der Waals surface area contributed by atoms with Crippen molar-refractivity contribution in [2.45, 2.75) is 31.8 Å². The summed E-state index contributed by atoms with van der Waals surface area (Å²) in [4.78, 5) is 22.7. The maximum Gasteiger partial charge on any atom is 0.225 e. The Morgan fingerprint density at radius 1 is 1.16 bits per heavy atom. The third-order valence-electron chi connectivity index (χ3n) is 5.69. The summed E-state index contributed by atoms with van der Waals surface area (Å²) in [5.41, 5.74) is 3.66. The third-order valence-corrected chi connectivity index (χ3v) is 5.69. The topological polar surface area (TPSA) is 67.3 Å². The number of ether oxygens (including phenoxy) is 1. The van der Waals surface area contributed by atoms with Crippen molar-refractivity contribution in [1.29, 1.82) is 0 Å². The van der Waals surface area contributed by atoms with Crippen LogP contribution in [0, 0.1) is 5.82 Å². The molecule has 0 aliphatic carbocycles. The van der Waals surface area contributed by atoms with Crippen LogP contribution >= 0.6 is 0 Å². The molecule has 0 saturated carbocycles. The van der Waals surface area contributed by atoms with E-state index in [0.717, 1.165) is 54.1 Å². The van der Waals surface area contributed by atoms with Gasteiger partial charge in [0.25, 0.3) is 0 Å². The zero-order valence-corrected chi connectivity index (χ0v) is 18.8. The summed E-state index contributed by atoms with van der Waals surface area (Å²) in [7, 11) is 5.53. The van der Waals surface area contributed by atoms with E-state index in [1.165, 1.54) is 6.07 Å². The Morgan fingerprint density at radius 3 is 2.69 bits per heavy atom. The molecule has 4 rings (SSSR count). The Morgan fingerprint density at radius 2 is 1.97 bits per heavy atom. The van der Waals surface area contributed by atoms with E-state index in [0.29, 0.717) is 19.0 Å². The lowest BCUT2D eigenvalue weighted by Crippen LogP contribution is -2.25. The quantitative estimate of drug-likeness (QED) is 0.534. The summed E-state index contributed by atoms with van der Waals surface area (Å²) in [6.07, 6.45) is 8.36. The van der Waals surface area contributed by atoms with Gasteiger partial charge in [0.15, 0.2) is 0 Å². The number of likely N-dealkylation sites (tertiary alicyclic amines) is 1. The van der Waals surface area contributed by atoms with Gasteiger partial charge in [0, 0.05) is 63.9 Å². The molecule has 168 valence electrons. The van der Waals surface area contributed by atoms with Crippen LogP contribution in [-0.4, -0.2) is 59.2 Å². The van der Waals surface area contributed by atoms with Gasteiger partial charge in [-0.3, -0.25) is 4.90 Å². The first kappa shape index (κ1) is 22.2. The fraction of sp³-hybridized carbons (Fsp3) is 0.417. The molecule has 32 heavy (non-hydrogen) atoms. The SMILES string of the molecule is COCCc1ncc(CN2CCC[C@@H]2c2nc(N(C)C)ncc2-c2cccc(F)c2)cn1. The molecular formula is C24H29FN6O. The maximum atomic E-state index is 14.0. The summed E-state index contributed by atoms with van der Waals surface area (Å²) in [6, 6.07) is 6.75. The van der Waals surface area contributed by atoms with E-state index >= 15 is 0 Å². The summed E-state index contributed by atoms with van der Waals surface area (Å²) < 4.78 is 19.1. The molecule has 0 unspecified atom stereocenters. The number of aromatic nitrogens is 4. The van der Waals surface area contributed by atoms with E-state index in [-0.39, 0.29) is 11.9 Å². The van der Waals surface area contributed by atoms with Gasteiger partial charge in [-0.15, -0.1) is 0 Å². The fourth-order valence-corrected chi connectivity index (χ4v) is 4.08. The molecule has 3 heterocycles. The number of anilines is 1. The Bertz CT molecular complexity index is 1040. The first-order valence-corrected chi connectivity index (χ1v) is 10.9. The van der Waals surface area contributed by atoms with Crippen LogP contribution in [0.15, 0.2) is 42.9 Å². The molecule has 0 spiro atoms. The average molecular weight is 437 g/mol. The van der Waals surface area contributed by atoms with Gasteiger partial charge in [-0.05, 0) is 37.1 Å². The van der Waals surface area contributed by atoms with E-state index in [1.54, 1.807) is 19.2 Å². The van der Waals surface area contributed by atoms with Gasteiger partial charge in [0.2, 0.25) is 5.95 Å². The first-order valence-electron chi connectivity index (χ1n) is 10.9. The number of methoxy groups -OCH3 is 1. The number of rotatable bonds is 8. The second-order valence-electron chi connectivity index (χ2n) is 8.25. The molecule has 0 bridgehead atoms. The van der Waals surface area contributed by atoms with Gasteiger partial charge in [-0.25, -0.2) is 24.3 Å². The molecule has 8 heteroatoms. The van der Waals surface area contributed by atoms with Crippen LogP contribution in [0.1, 0.15) is 36.0 Å². The summed E-state index contributed by atoms with van der Waals surface area (Å²) >= 11 is 0. The molecule has 0 radical (unpaired) electrons. The van der Waals surface area contributed by atoms with E-state index < -0.39 is 0 Å². The van der Waals surface area contributed by atoms with Crippen molar-refractivity contribution >= 4 is 5.95 Å². The second kappa shape index (κ2) is 10.1. The minimum absolute atomic E-state index is 0.114. The molecule has 0 amide bonds. The molecule has 1 aliphatic heterocycles. The normalized spacial score (nSPS) is 16.4. The van der Waals surface area contributed by atoms with Gasteiger partial charge < -0.3 is 9.64 Å². The summed E-state index contributed by atoms with van der Waals surface area (Å²) in [5, 5.41) is 0. The number of hydrogen-bond donors (Lipinski definition) is 0. The average Bonchev–Trinajstić information content (AvgIpc) is 3.26. The minimum Gasteiger partial charge on any atom is -0.384 e. The number of nitrogens with zero attached hydrogens (tertiary/aromatic N) is 6. The number of benzene rings is 1. The third kappa shape index (κ3) is 5.08. The van der Waals surface area contributed by atoms with E-state index in [9.17, 15) is 4.39 Å². The van der Waals surface area contributed by atoms with Crippen LogP contribution in [0.4, 0.5) is 10.3 Å². The summed E-state index contributed by atoms with van der Waals surface area (Å²) in [6.45, 7) is 2.30. The van der Waals surface area contributed by atoms with Gasteiger partial charge in [-0.1, -0.05) is 12.1 Å². The van der Waals surface area contributed by atoms with Crippen LogP contribution in [0.3, 0.4) is 0 Å². The predicted octanol–water partition coefficient (Wildman–Crippen LogP) is 3.66. The van der Waals surface area contributed by atoms with Crippen molar-refractivity contribution < 1.29 is 9.13 Å². The lowest BCUT2D eigenvalue weighted by Gasteiger charge is -2.26. The second-order valence-corrected chi connectivity index (χ2v) is 8.25. The first-order chi connectivity index (χ1) is 15.5. The zero-order chi connectivity index (χ0) is 22.5. The Balaban J connectivity index is 1.63. The largest absolute Gasteiger partial charge is 0.384 e. The van der Waals surface area contributed by atoms with Crippen LogP contribution in [0.5, 0.6) is 0 Å². The fourth-order valence-electron chi connectivity index (χ4n) is 4.08. The summed E-state index contributed by atoms with van der Waals surface area (Å²) in [5.74, 6) is 1.17. The molecule has 7 nitrogen and oxygen atoms in total. The van der Waals surface area contributed by atoms with Crippen LogP contribution in [0.25, 0.3) is 11.1 Å². The molecule has 1 saturated heterocycles. The van der Waals surface area contributed by atoms with Crippen LogP contribution < -0.4 is 4.90 Å². The highest BCUT2D eigenvalue weighted by atomic mass is 19.1. The maximum absolute atomic E-state index is 14.0. The lowest BCUT2D eigenvalue weighted by molar-refractivity contribution is 0.200. The predicted molar refractivity (Wildman–Crippen MR) is 122 cm³/mol. The molecule has 1 aromatic carbocycles. The lowest BCUT2D eigenvalue weighted by atomic mass is 9.99. The molecule has 3 aromatic rings.